The van der Waals surface area contributed by atoms with Crippen LogP contribution in [-0.2, 0) is 21.2 Å². The molecular formula is C14H12ClFN2O3S. The van der Waals surface area contributed by atoms with Crippen LogP contribution in [0.4, 0.5) is 4.39 Å². The van der Waals surface area contributed by atoms with E-state index in [4.69, 9.17) is 11.6 Å². The number of nitrogens with one attached hydrogen (secondary N) is 1. The molecule has 0 aliphatic heterocycles. The van der Waals surface area contributed by atoms with Gasteiger partial charge >= 0.3 is 0 Å². The number of pyridine rings is 1. The monoisotopic (exact) mass is 342 g/mol. The lowest BCUT2D eigenvalue weighted by Gasteiger charge is -2.07. The predicted octanol–water partition coefficient (Wildman–Crippen LogP) is 2.31. The van der Waals surface area contributed by atoms with Gasteiger partial charge in [-0.05, 0) is 36.2 Å². The third-order valence-electron chi connectivity index (χ3n) is 2.76. The average molecular weight is 343 g/mol. The van der Waals surface area contributed by atoms with Crippen LogP contribution >= 0.6 is 11.6 Å². The van der Waals surface area contributed by atoms with Crippen molar-refractivity contribution in [1.82, 2.24) is 9.71 Å². The Kier molecular flexibility index (Phi) is 5.10. The molecule has 0 aliphatic carbocycles. The number of hydrogen-bond acceptors (Lipinski definition) is 4. The number of aromatic nitrogens is 1. The molecule has 0 fully saturated rings. The van der Waals surface area contributed by atoms with Gasteiger partial charge in [-0.2, -0.15) is 0 Å². The second-order valence-corrected chi connectivity index (χ2v) is 6.62. The molecule has 0 unspecified atom stereocenters. The first-order chi connectivity index (χ1) is 10.4. The lowest BCUT2D eigenvalue weighted by molar-refractivity contribution is -0.119. The molecule has 116 valence electrons. The number of nitrogens with zero attached hydrogens (tertiary/aromatic N) is 1. The lowest BCUT2D eigenvalue weighted by atomic mass is 10.1. The van der Waals surface area contributed by atoms with Crippen LogP contribution in [0.5, 0.6) is 0 Å². The fourth-order valence-electron chi connectivity index (χ4n) is 1.74. The first-order valence-corrected chi connectivity index (χ1v) is 8.13. The lowest BCUT2D eigenvalue weighted by Crippen LogP contribution is -2.30. The standard InChI is InChI=1S/C14H12ClFN2O3S/c15-11-2-1-3-13(7-11)22(20,21)18-14(19)5-4-10-6-12(16)9-17-8-10/h1-3,6-9H,4-5H2,(H,18,19). The molecule has 0 bridgehead atoms. The molecule has 0 spiro atoms. The zero-order chi connectivity index (χ0) is 16.2. The minimum Gasteiger partial charge on any atom is -0.274 e. The van der Waals surface area contributed by atoms with E-state index in [0.29, 0.717) is 5.56 Å². The van der Waals surface area contributed by atoms with E-state index in [1.54, 1.807) is 0 Å². The molecule has 2 rings (SSSR count). The van der Waals surface area contributed by atoms with Crippen LogP contribution < -0.4 is 4.72 Å². The minimum atomic E-state index is -3.97. The quantitative estimate of drug-likeness (QED) is 0.904. The summed E-state index contributed by atoms with van der Waals surface area (Å²) in [7, 11) is -3.97. The molecule has 1 amide bonds. The van der Waals surface area contributed by atoms with Gasteiger partial charge in [0.15, 0.2) is 0 Å². The average Bonchev–Trinajstić information content (AvgIpc) is 2.45. The maximum Gasteiger partial charge on any atom is 0.264 e. The maximum absolute atomic E-state index is 13.0. The van der Waals surface area contributed by atoms with E-state index in [9.17, 15) is 17.6 Å². The van der Waals surface area contributed by atoms with Crippen molar-refractivity contribution in [1.29, 1.82) is 0 Å². The van der Waals surface area contributed by atoms with Crippen LogP contribution in [0.2, 0.25) is 5.02 Å². The Morgan fingerprint density at radius 2 is 2.05 bits per heavy atom. The van der Waals surface area contributed by atoms with Crippen molar-refractivity contribution in [2.24, 2.45) is 0 Å². The van der Waals surface area contributed by atoms with Gasteiger partial charge in [-0.15, -0.1) is 0 Å². The van der Waals surface area contributed by atoms with Gasteiger partial charge in [0, 0.05) is 17.6 Å². The third kappa shape index (κ3) is 4.51. The molecule has 0 saturated carbocycles. The van der Waals surface area contributed by atoms with E-state index >= 15 is 0 Å². The first kappa shape index (κ1) is 16.4. The van der Waals surface area contributed by atoms with Gasteiger partial charge in [0.2, 0.25) is 5.91 Å². The Morgan fingerprint density at radius 3 is 2.73 bits per heavy atom. The fraction of sp³-hybridized carbons (Fsp3) is 0.143. The molecule has 22 heavy (non-hydrogen) atoms. The molecule has 1 N–H and O–H groups in total. The van der Waals surface area contributed by atoms with E-state index in [1.807, 2.05) is 4.72 Å². The number of rotatable bonds is 5. The Labute approximate surface area is 132 Å². The van der Waals surface area contributed by atoms with Crippen LogP contribution in [0.1, 0.15) is 12.0 Å². The summed E-state index contributed by atoms with van der Waals surface area (Å²) in [4.78, 5) is 15.3. The highest BCUT2D eigenvalue weighted by molar-refractivity contribution is 7.90. The molecule has 5 nitrogen and oxygen atoms in total. The molecule has 0 atom stereocenters. The summed E-state index contributed by atoms with van der Waals surface area (Å²) >= 11 is 5.72. The van der Waals surface area contributed by atoms with E-state index in [0.717, 1.165) is 6.20 Å². The van der Waals surface area contributed by atoms with Gasteiger partial charge in [0.1, 0.15) is 5.82 Å². The van der Waals surface area contributed by atoms with Crippen molar-refractivity contribution >= 4 is 27.5 Å². The Bertz CT molecular complexity index is 796. The third-order valence-corrected chi connectivity index (χ3v) is 4.36. The number of sulfonamides is 1. The van der Waals surface area contributed by atoms with Gasteiger partial charge < -0.3 is 0 Å². The largest absolute Gasteiger partial charge is 0.274 e. The van der Waals surface area contributed by atoms with Crippen LogP contribution in [0.15, 0.2) is 47.6 Å². The Balaban J connectivity index is 1.99. The molecule has 0 radical (unpaired) electrons. The molecule has 0 saturated heterocycles. The van der Waals surface area contributed by atoms with Crippen molar-refractivity contribution in [2.45, 2.75) is 17.7 Å². The number of carbonyl (C=O) groups excluding carboxylic acids is 1. The summed E-state index contributed by atoms with van der Waals surface area (Å²) in [6, 6.07) is 6.82. The van der Waals surface area contributed by atoms with Gasteiger partial charge in [0.05, 0.1) is 11.1 Å². The highest BCUT2D eigenvalue weighted by atomic mass is 35.5. The normalized spacial score (nSPS) is 11.2. The molecular weight excluding hydrogens is 331 g/mol. The smallest absolute Gasteiger partial charge is 0.264 e. The highest BCUT2D eigenvalue weighted by Gasteiger charge is 2.17. The van der Waals surface area contributed by atoms with Crippen LogP contribution in [0, 0.1) is 5.82 Å². The number of hydrogen-bond donors (Lipinski definition) is 1. The SMILES string of the molecule is O=C(CCc1cncc(F)c1)NS(=O)(=O)c1cccc(Cl)c1. The summed E-state index contributed by atoms with van der Waals surface area (Å²) < 4.78 is 38.9. The molecule has 2 aromatic rings. The van der Waals surface area contributed by atoms with Gasteiger partial charge in [-0.1, -0.05) is 17.7 Å². The Morgan fingerprint density at radius 1 is 1.27 bits per heavy atom. The van der Waals surface area contributed by atoms with Crippen molar-refractivity contribution in [3.63, 3.8) is 0 Å². The van der Waals surface area contributed by atoms with Crippen LogP contribution in [0.3, 0.4) is 0 Å². The highest BCUT2D eigenvalue weighted by Crippen LogP contribution is 2.15. The number of aryl methyl sites for hydroxylation is 1. The molecule has 8 heteroatoms. The molecule has 0 aliphatic rings. The predicted molar refractivity (Wildman–Crippen MR) is 79.3 cm³/mol. The Hall–Kier alpha value is -1.99. The zero-order valence-corrected chi connectivity index (χ0v) is 12.9. The van der Waals surface area contributed by atoms with E-state index < -0.39 is 21.7 Å². The van der Waals surface area contributed by atoms with Gasteiger partial charge in [0.25, 0.3) is 10.0 Å². The summed E-state index contributed by atoms with van der Waals surface area (Å²) in [6.45, 7) is 0. The van der Waals surface area contributed by atoms with Crippen molar-refractivity contribution < 1.29 is 17.6 Å². The second-order valence-electron chi connectivity index (χ2n) is 4.50. The summed E-state index contributed by atoms with van der Waals surface area (Å²) in [5.74, 6) is -1.20. The summed E-state index contributed by atoms with van der Waals surface area (Å²) in [5, 5.41) is 0.251. The van der Waals surface area contributed by atoms with E-state index in [1.165, 1.54) is 36.5 Å². The number of carbonyl (C=O) groups is 1. The summed E-state index contributed by atoms with van der Waals surface area (Å²) in [6.07, 6.45) is 2.54. The minimum absolute atomic E-state index is 0.0965. The molecule has 1 heterocycles. The van der Waals surface area contributed by atoms with Crippen LogP contribution in [-0.4, -0.2) is 19.3 Å². The number of benzene rings is 1. The van der Waals surface area contributed by atoms with Crippen molar-refractivity contribution in [3.8, 4) is 0 Å². The van der Waals surface area contributed by atoms with E-state index in [-0.39, 0.29) is 22.8 Å². The van der Waals surface area contributed by atoms with Gasteiger partial charge in [-0.25, -0.2) is 17.5 Å². The first-order valence-electron chi connectivity index (χ1n) is 6.27. The summed E-state index contributed by atoms with van der Waals surface area (Å²) in [5.41, 5.74) is 0.510. The van der Waals surface area contributed by atoms with E-state index in [2.05, 4.69) is 4.98 Å². The van der Waals surface area contributed by atoms with Gasteiger partial charge in [-0.3, -0.25) is 9.78 Å². The van der Waals surface area contributed by atoms with Crippen molar-refractivity contribution in [2.75, 3.05) is 0 Å². The number of halogens is 2. The molecule has 1 aromatic heterocycles. The van der Waals surface area contributed by atoms with Crippen molar-refractivity contribution in [3.05, 3.63) is 59.1 Å². The number of amides is 1. The fourth-order valence-corrected chi connectivity index (χ4v) is 3.06. The van der Waals surface area contributed by atoms with Crippen LogP contribution in [0.25, 0.3) is 0 Å². The molecule has 1 aromatic carbocycles. The maximum atomic E-state index is 13.0. The second kappa shape index (κ2) is 6.85. The topological polar surface area (TPSA) is 76.1 Å². The zero-order valence-electron chi connectivity index (χ0n) is 11.3.